The van der Waals surface area contributed by atoms with E-state index in [-0.39, 0.29) is 32.8 Å². The van der Waals surface area contributed by atoms with Crippen molar-refractivity contribution in [3.05, 3.63) is 0 Å². The van der Waals surface area contributed by atoms with Crippen molar-refractivity contribution in [2.24, 2.45) is 11.0 Å². The second-order valence-electron chi connectivity index (χ2n) is 0.561. The Morgan fingerprint density at radius 3 is 2.29 bits per heavy atom. The van der Waals surface area contributed by atoms with Gasteiger partial charge in [0.15, 0.2) is 0 Å². The third-order valence-electron chi connectivity index (χ3n) is 0.225. The van der Waals surface area contributed by atoms with Gasteiger partial charge in [-0.25, -0.2) is 11.4 Å². The number of nitrogens with zero attached hydrogens (tertiary/aromatic N) is 1. The molecule has 0 aliphatic rings. The van der Waals surface area contributed by atoms with Gasteiger partial charge in [-0.3, -0.25) is 5.43 Å². The molecular formula is CH4HgN4S. The van der Waals surface area contributed by atoms with E-state index >= 15 is 0 Å². The maximum absolute atomic E-state index is 6.15. The van der Waals surface area contributed by atoms with Gasteiger partial charge in [0.1, 0.15) is 0 Å². The maximum Gasteiger partial charge on any atom is 0.227 e. The summed E-state index contributed by atoms with van der Waals surface area (Å²) in [5, 5.41) is 2.75. The summed E-state index contributed by atoms with van der Waals surface area (Å²) in [5.41, 5.74) is 8.14. The van der Waals surface area contributed by atoms with Gasteiger partial charge >= 0.3 is 0 Å². The van der Waals surface area contributed by atoms with Crippen molar-refractivity contribution < 1.29 is 27.7 Å². The van der Waals surface area contributed by atoms with E-state index in [4.69, 9.17) is 5.53 Å². The molecule has 7 heavy (non-hydrogen) atoms. The topological polar surface area (TPSA) is 74.3 Å². The molecule has 0 saturated heterocycles. The first-order chi connectivity index (χ1) is 2.81. The Morgan fingerprint density at radius 1 is 1.86 bits per heavy atom. The van der Waals surface area contributed by atoms with Crippen molar-refractivity contribution in [1.29, 1.82) is 5.53 Å². The van der Waals surface area contributed by atoms with E-state index in [0.717, 1.165) is 0 Å². The summed E-state index contributed by atoms with van der Waals surface area (Å²) in [5.74, 6) is 4.68. The normalized spacial score (nSPS) is 5.86. The summed E-state index contributed by atoms with van der Waals surface area (Å²) in [6.07, 6.45) is 0. The summed E-state index contributed by atoms with van der Waals surface area (Å²) in [7, 11) is 0. The molecule has 0 unspecified atom stereocenters. The van der Waals surface area contributed by atoms with Gasteiger partial charge in [-0.15, -0.1) is 5.11 Å². The van der Waals surface area contributed by atoms with Gasteiger partial charge in [0, 0.05) is 27.7 Å². The van der Waals surface area contributed by atoms with E-state index < -0.39 is 0 Å². The number of hydrogen-bond acceptors (Lipinski definition) is 3. The van der Waals surface area contributed by atoms with Gasteiger partial charge < -0.3 is 0 Å². The minimum atomic E-state index is -0.00463. The van der Waals surface area contributed by atoms with Crippen LogP contribution >= 0.6 is 12.2 Å². The van der Waals surface area contributed by atoms with Crippen LogP contribution in [-0.4, -0.2) is 5.11 Å². The van der Waals surface area contributed by atoms with Crippen molar-refractivity contribution in [3.8, 4) is 0 Å². The Hall–Kier alpha value is 0.385. The van der Waals surface area contributed by atoms with E-state index in [2.05, 4.69) is 23.2 Å². The molecule has 0 fully saturated rings. The van der Waals surface area contributed by atoms with Gasteiger partial charge in [0.05, 0.1) is 0 Å². The summed E-state index contributed by atoms with van der Waals surface area (Å²) in [6.45, 7) is 0. The van der Waals surface area contributed by atoms with E-state index in [1.54, 1.807) is 0 Å². The molecule has 36 valence electrons. The van der Waals surface area contributed by atoms with E-state index in [0.29, 0.717) is 0 Å². The molecule has 0 amide bonds. The first kappa shape index (κ1) is 10.4. The third-order valence-corrected chi connectivity index (χ3v) is 0.434. The Kier molecular flexibility index (Phi) is 9.47. The Labute approximate surface area is 66.8 Å². The summed E-state index contributed by atoms with van der Waals surface area (Å²) >= 11 is 4.27. The van der Waals surface area contributed by atoms with Gasteiger partial charge in [-0.05, 0) is 12.2 Å². The smallest absolute Gasteiger partial charge is 0.227 e. The van der Waals surface area contributed by atoms with E-state index in [1.165, 1.54) is 0 Å². The molecule has 0 saturated carbocycles. The molecule has 0 aliphatic heterocycles. The molecule has 0 aromatic heterocycles. The Balaban J connectivity index is 0. The van der Waals surface area contributed by atoms with Crippen LogP contribution in [0.15, 0.2) is 5.11 Å². The van der Waals surface area contributed by atoms with Crippen LogP contribution in [0.5, 0.6) is 0 Å². The molecule has 4 nitrogen and oxygen atoms in total. The second kappa shape index (κ2) is 6.39. The molecule has 0 aromatic carbocycles. The van der Waals surface area contributed by atoms with Crippen molar-refractivity contribution in [2.45, 2.75) is 0 Å². The van der Waals surface area contributed by atoms with Gasteiger partial charge in [0.2, 0.25) is 5.11 Å². The molecule has 0 heterocycles. The minimum absolute atomic E-state index is 0. The predicted molar refractivity (Wildman–Crippen MR) is 25.1 cm³/mol. The zero-order valence-electron chi connectivity index (χ0n) is 3.64. The molecule has 0 aliphatic carbocycles. The number of nitrogens with one attached hydrogen (secondary N) is 2. The molecule has 0 atom stereocenters. The average Bonchev–Trinajstić information content (AvgIpc) is 1.65. The zero-order chi connectivity index (χ0) is 4.99. The van der Waals surface area contributed by atoms with E-state index in [1.807, 2.05) is 5.43 Å². The molecule has 4 N–H and O–H groups in total. The van der Waals surface area contributed by atoms with Crippen LogP contribution < -0.4 is 11.3 Å². The summed E-state index contributed by atoms with van der Waals surface area (Å²) in [6, 6.07) is 0. The molecule has 6 heteroatoms. The average molecular weight is 305 g/mol. The van der Waals surface area contributed by atoms with E-state index in [9.17, 15) is 0 Å². The molecule has 0 aromatic rings. The SMILES string of the molecule is N=NC(=S)NN.[Hg]. The number of thiocarbonyl (C=S) groups is 1. The van der Waals surface area contributed by atoms with Crippen molar-refractivity contribution >= 4 is 17.3 Å². The van der Waals surface area contributed by atoms with Crippen molar-refractivity contribution in [3.63, 3.8) is 0 Å². The number of rotatable bonds is 0. The van der Waals surface area contributed by atoms with Gasteiger partial charge in [-0.2, -0.15) is 0 Å². The fourth-order valence-electron chi connectivity index (χ4n) is 0.0323. The Bertz CT molecular complexity index is 72.1. The van der Waals surface area contributed by atoms with Crippen LogP contribution in [0.4, 0.5) is 0 Å². The van der Waals surface area contributed by atoms with Crippen LogP contribution in [0, 0.1) is 5.53 Å². The quantitative estimate of drug-likeness (QED) is 0.190. The van der Waals surface area contributed by atoms with Crippen LogP contribution in [0.1, 0.15) is 0 Å². The molecule has 0 spiro atoms. The largest absolute Gasteiger partial charge is 0.298 e. The maximum atomic E-state index is 6.15. The molecule has 0 rings (SSSR count). The minimum Gasteiger partial charge on any atom is -0.298 e. The molecule has 0 bridgehead atoms. The third kappa shape index (κ3) is 6.39. The van der Waals surface area contributed by atoms with Crippen LogP contribution in [-0.2, 0) is 27.7 Å². The first-order valence-electron chi connectivity index (χ1n) is 1.19. The molecular weight excluding hydrogens is 301 g/mol. The van der Waals surface area contributed by atoms with Crippen molar-refractivity contribution in [2.75, 3.05) is 0 Å². The second-order valence-corrected chi connectivity index (χ2v) is 0.948. The number of hydrazine groups is 1. The predicted octanol–water partition coefficient (Wildman–Crippen LogP) is -0.237. The van der Waals surface area contributed by atoms with Crippen LogP contribution in [0.2, 0.25) is 0 Å². The van der Waals surface area contributed by atoms with Gasteiger partial charge in [0.25, 0.3) is 0 Å². The fourth-order valence-corrected chi connectivity index (χ4v) is 0.0323. The standard InChI is InChI=1S/CH4N4S.Hg/c2-4-1(6)5-3;/h2H,3H2,(H,5,6);. The monoisotopic (exact) mass is 306 g/mol. The van der Waals surface area contributed by atoms with Crippen molar-refractivity contribution in [1.82, 2.24) is 5.43 Å². The summed E-state index contributed by atoms with van der Waals surface area (Å²) < 4.78 is 0. The van der Waals surface area contributed by atoms with Gasteiger partial charge in [-0.1, -0.05) is 0 Å². The fraction of sp³-hybridized carbons (Fsp3) is 0. The number of hydrogen-bond donors (Lipinski definition) is 3. The number of nitrogens with two attached hydrogens (primary N) is 1. The van der Waals surface area contributed by atoms with Crippen LogP contribution in [0.25, 0.3) is 0 Å². The first-order valence-corrected chi connectivity index (χ1v) is 1.60. The zero-order valence-corrected chi connectivity index (χ0v) is 9.95. The Morgan fingerprint density at radius 2 is 2.29 bits per heavy atom. The molecule has 0 radical (unpaired) electrons. The van der Waals surface area contributed by atoms with Crippen LogP contribution in [0.3, 0.4) is 0 Å². The summed E-state index contributed by atoms with van der Waals surface area (Å²) in [4.78, 5) is 0.